The molecule has 3 aromatic rings. The van der Waals surface area contributed by atoms with Crippen molar-refractivity contribution in [1.29, 1.82) is 0 Å². The largest absolute Gasteiger partial charge is 0.339 e. The second-order valence-electron chi connectivity index (χ2n) is 8.33. The van der Waals surface area contributed by atoms with Crippen molar-refractivity contribution in [2.24, 2.45) is 0 Å². The first kappa shape index (κ1) is 23.6. The first-order valence-corrected chi connectivity index (χ1v) is 12.1. The Morgan fingerprint density at radius 1 is 0.853 bits per heavy atom. The number of hydrogen-bond acceptors (Lipinski definition) is 4. The molecule has 6 nitrogen and oxygen atoms in total. The summed E-state index contributed by atoms with van der Waals surface area (Å²) in [6, 6.07) is 14.0. The lowest BCUT2D eigenvalue weighted by Gasteiger charge is -2.20. The number of likely N-dealkylation sites (tertiary alicyclic amines) is 1. The first-order valence-electron chi connectivity index (χ1n) is 11.3. The van der Waals surface area contributed by atoms with E-state index in [-0.39, 0.29) is 17.4 Å². The smallest absolute Gasteiger partial charge is 0.266 e. The molecule has 176 valence electrons. The summed E-state index contributed by atoms with van der Waals surface area (Å²) in [4.78, 5) is 40.3. The number of anilines is 2. The van der Waals surface area contributed by atoms with Crippen LogP contribution in [0.4, 0.5) is 15.1 Å². The third-order valence-corrected chi connectivity index (χ3v) is 6.88. The zero-order valence-corrected chi connectivity index (χ0v) is 19.7. The highest BCUT2D eigenvalue weighted by atomic mass is 32.1. The van der Waals surface area contributed by atoms with Gasteiger partial charge in [0.1, 0.15) is 5.82 Å². The van der Waals surface area contributed by atoms with E-state index in [0.29, 0.717) is 26.7 Å². The highest BCUT2D eigenvalue weighted by Crippen LogP contribution is 2.28. The van der Waals surface area contributed by atoms with Crippen LogP contribution in [0.5, 0.6) is 0 Å². The fourth-order valence-electron chi connectivity index (χ4n) is 3.92. The van der Waals surface area contributed by atoms with Gasteiger partial charge in [-0.15, -0.1) is 11.3 Å². The van der Waals surface area contributed by atoms with Crippen LogP contribution in [0.1, 0.15) is 61.6 Å². The fourth-order valence-corrected chi connectivity index (χ4v) is 4.89. The number of hydrogen-bond donors (Lipinski definition) is 2. The second-order valence-corrected chi connectivity index (χ2v) is 9.38. The molecule has 3 amide bonds. The number of benzene rings is 2. The maximum absolute atomic E-state index is 13.4. The summed E-state index contributed by atoms with van der Waals surface area (Å²) >= 11 is 1.14. The van der Waals surface area contributed by atoms with Gasteiger partial charge in [0.2, 0.25) is 0 Å². The molecule has 1 fully saturated rings. The zero-order valence-electron chi connectivity index (χ0n) is 18.9. The Labute approximate surface area is 201 Å². The summed E-state index contributed by atoms with van der Waals surface area (Å²) in [5.41, 5.74) is 2.10. The van der Waals surface area contributed by atoms with Gasteiger partial charge in [0.05, 0.1) is 9.88 Å². The third kappa shape index (κ3) is 5.69. The number of carbonyl (C=O) groups is 3. The van der Waals surface area contributed by atoms with Crippen molar-refractivity contribution in [1.82, 2.24) is 4.90 Å². The lowest BCUT2D eigenvalue weighted by molar-refractivity contribution is 0.0761. The molecule has 0 atom stereocenters. The lowest BCUT2D eigenvalue weighted by atomic mass is 10.1. The van der Waals surface area contributed by atoms with Crippen LogP contribution in [-0.4, -0.2) is 35.7 Å². The van der Waals surface area contributed by atoms with E-state index in [1.165, 1.54) is 18.2 Å². The summed E-state index contributed by atoms with van der Waals surface area (Å²) in [6.07, 6.45) is 4.38. The quantitative estimate of drug-likeness (QED) is 0.492. The van der Waals surface area contributed by atoms with E-state index >= 15 is 0 Å². The molecule has 4 rings (SSSR count). The first-order chi connectivity index (χ1) is 16.4. The summed E-state index contributed by atoms with van der Waals surface area (Å²) in [5.74, 6) is -1.22. The van der Waals surface area contributed by atoms with E-state index in [1.807, 2.05) is 4.90 Å². The third-order valence-electron chi connectivity index (χ3n) is 5.73. The predicted octanol–water partition coefficient (Wildman–Crippen LogP) is 5.72. The highest BCUT2D eigenvalue weighted by Gasteiger charge is 2.19. The van der Waals surface area contributed by atoms with Crippen LogP contribution in [0.25, 0.3) is 0 Å². The van der Waals surface area contributed by atoms with Crippen LogP contribution in [0.3, 0.4) is 0 Å². The lowest BCUT2D eigenvalue weighted by Crippen LogP contribution is -2.31. The maximum Gasteiger partial charge on any atom is 0.266 e. The molecule has 2 N–H and O–H groups in total. The van der Waals surface area contributed by atoms with E-state index < -0.39 is 11.7 Å². The molecule has 1 aliphatic rings. The van der Waals surface area contributed by atoms with Gasteiger partial charge >= 0.3 is 0 Å². The van der Waals surface area contributed by atoms with Gasteiger partial charge in [-0.1, -0.05) is 18.9 Å². The van der Waals surface area contributed by atoms with Crippen molar-refractivity contribution in [2.75, 3.05) is 23.7 Å². The van der Waals surface area contributed by atoms with Gasteiger partial charge in [0.25, 0.3) is 17.7 Å². The molecule has 0 spiro atoms. The van der Waals surface area contributed by atoms with Gasteiger partial charge in [-0.25, -0.2) is 4.39 Å². The molecule has 8 heteroatoms. The molecule has 0 saturated carbocycles. The van der Waals surface area contributed by atoms with Crippen molar-refractivity contribution in [3.63, 3.8) is 0 Å². The zero-order chi connectivity index (χ0) is 24.1. The van der Waals surface area contributed by atoms with E-state index in [9.17, 15) is 18.8 Å². The van der Waals surface area contributed by atoms with Gasteiger partial charge in [-0.05, 0) is 73.9 Å². The number of halogens is 1. The van der Waals surface area contributed by atoms with E-state index in [2.05, 4.69) is 10.6 Å². The van der Waals surface area contributed by atoms with Gasteiger partial charge < -0.3 is 15.5 Å². The number of nitrogens with zero attached hydrogens (tertiary/aromatic N) is 1. The van der Waals surface area contributed by atoms with Crippen LogP contribution in [0.15, 0.2) is 54.6 Å². The molecular weight excluding hydrogens is 453 g/mol. The van der Waals surface area contributed by atoms with Crippen LogP contribution >= 0.6 is 11.3 Å². The number of nitrogens with one attached hydrogen (secondary N) is 2. The van der Waals surface area contributed by atoms with Crippen molar-refractivity contribution < 1.29 is 18.8 Å². The van der Waals surface area contributed by atoms with Gasteiger partial charge in [0.15, 0.2) is 0 Å². The Kier molecular flexibility index (Phi) is 7.37. The van der Waals surface area contributed by atoms with Gasteiger partial charge in [-0.2, -0.15) is 0 Å². The Hall–Kier alpha value is -3.52. The molecular formula is C26H26FN3O3S. The number of amides is 3. The number of thiophene rings is 1. The topological polar surface area (TPSA) is 78.5 Å². The molecule has 0 radical (unpaired) electrons. The molecule has 2 heterocycles. The molecule has 0 bridgehead atoms. The molecule has 1 saturated heterocycles. The van der Waals surface area contributed by atoms with Crippen molar-refractivity contribution >= 4 is 39.7 Å². The summed E-state index contributed by atoms with van der Waals surface area (Å²) < 4.78 is 13.4. The van der Waals surface area contributed by atoms with Crippen LogP contribution in [-0.2, 0) is 0 Å². The minimum absolute atomic E-state index is 0.0209. The predicted molar refractivity (Wildman–Crippen MR) is 132 cm³/mol. The van der Waals surface area contributed by atoms with Crippen molar-refractivity contribution in [2.45, 2.75) is 32.6 Å². The average molecular weight is 480 g/mol. The average Bonchev–Trinajstić information content (AvgIpc) is 3.01. The van der Waals surface area contributed by atoms with E-state index in [4.69, 9.17) is 0 Å². The van der Waals surface area contributed by atoms with Crippen LogP contribution in [0, 0.1) is 12.7 Å². The number of aryl methyl sites for hydroxylation is 1. The SMILES string of the molecule is Cc1cc(NC(=O)c2cccc(F)c2)sc1C(=O)Nc1ccc(C(=O)N2CCCCCC2)cc1. The highest BCUT2D eigenvalue weighted by molar-refractivity contribution is 7.18. The summed E-state index contributed by atoms with van der Waals surface area (Å²) in [7, 11) is 0. The summed E-state index contributed by atoms with van der Waals surface area (Å²) in [5, 5.41) is 6.05. The molecule has 34 heavy (non-hydrogen) atoms. The molecule has 0 aliphatic carbocycles. The second kappa shape index (κ2) is 10.6. The fraction of sp³-hybridized carbons (Fsp3) is 0.269. The van der Waals surface area contributed by atoms with Crippen molar-refractivity contribution in [3.8, 4) is 0 Å². The molecule has 1 aliphatic heterocycles. The number of rotatable bonds is 5. The van der Waals surface area contributed by atoms with Crippen LogP contribution in [0.2, 0.25) is 0 Å². The van der Waals surface area contributed by atoms with Gasteiger partial charge in [0, 0.05) is 29.9 Å². The Morgan fingerprint density at radius 2 is 1.56 bits per heavy atom. The van der Waals surface area contributed by atoms with E-state index in [0.717, 1.165) is 56.2 Å². The molecule has 2 aromatic carbocycles. The molecule has 0 unspecified atom stereocenters. The normalized spacial score (nSPS) is 13.8. The summed E-state index contributed by atoms with van der Waals surface area (Å²) in [6.45, 7) is 3.35. The number of carbonyl (C=O) groups excluding carboxylic acids is 3. The van der Waals surface area contributed by atoms with E-state index in [1.54, 1.807) is 37.3 Å². The Balaban J connectivity index is 1.39. The van der Waals surface area contributed by atoms with Crippen LogP contribution < -0.4 is 10.6 Å². The Bertz CT molecular complexity index is 1200. The monoisotopic (exact) mass is 479 g/mol. The maximum atomic E-state index is 13.4. The molecule has 1 aromatic heterocycles. The van der Waals surface area contributed by atoms with Gasteiger partial charge in [-0.3, -0.25) is 14.4 Å². The standard InChI is InChI=1S/C26H26FN3O3S/c1-17-15-22(29-24(31)19-7-6-8-20(27)16-19)34-23(17)25(32)28-21-11-9-18(10-12-21)26(33)30-13-4-2-3-5-14-30/h6-12,15-16H,2-5,13-14H2,1H3,(H,28,32)(H,29,31). The van der Waals surface area contributed by atoms with Crippen molar-refractivity contribution in [3.05, 3.63) is 82.0 Å². The minimum atomic E-state index is -0.491. The minimum Gasteiger partial charge on any atom is -0.339 e. The Morgan fingerprint density at radius 3 is 2.24 bits per heavy atom.